The topological polar surface area (TPSA) is 87.4 Å². The van der Waals surface area contributed by atoms with Gasteiger partial charge in [-0.3, -0.25) is 9.59 Å². The number of nitrogens with zero attached hydrogens (tertiary/aromatic N) is 3. The van der Waals surface area contributed by atoms with Crippen molar-refractivity contribution in [2.75, 3.05) is 20.8 Å². The van der Waals surface area contributed by atoms with Crippen molar-refractivity contribution in [3.05, 3.63) is 88.5 Å². The van der Waals surface area contributed by atoms with Crippen LogP contribution in [0.5, 0.6) is 5.75 Å². The van der Waals surface area contributed by atoms with Gasteiger partial charge in [0.25, 0.3) is 11.5 Å². The standard InChI is InChI=1S/C24H24N4O4/c1-31-13-12-27-15-19(23(29)25-14-17-8-6-7-11-21(17)32-2)22-20(16-27)24(30)28(26-22)18-9-4-3-5-10-18/h3-11,15-16H,12-14H2,1-2H3,(H,25,29). The van der Waals surface area contributed by atoms with Crippen LogP contribution in [0.4, 0.5) is 0 Å². The molecule has 164 valence electrons. The Labute approximate surface area is 185 Å². The van der Waals surface area contributed by atoms with Crippen LogP contribution >= 0.6 is 0 Å². The highest BCUT2D eigenvalue weighted by Gasteiger charge is 2.24. The van der Waals surface area contributed by atoms with Gasteiger partial charge in [-0.2, -0.15) is 9.78 Å². The first-order chi connectivity index (χ1) is 15.6. The quantitative estimate of drug-likeness (QED) is 0.463. The van der Waals surface area contributed by atoms with Gasteiger partial charge in [-0.1, -0.05) is 36.4 Å². The molecule has 0 saturated carbocycles. The van der Waals surface area contributed by atoms with Gasteiger partial charge in [0.15, 0.2) is 0 Å². The Bertz CT molecular complexity index is 1250. The van der Waals surface area contributed by atoms with E-state index in [4.69, 9.17) is 9.47 Å². The zero-order chi connectivity index (χ0) is 22.5. The number of fused-ring (bicyclic) bond motifs is 1. The third kappa shape index (κ3) is 4.26. The highest BCUT2D eigenvalue weighted by molar-refractivity contribution is 5.99. The maximum atomic E-state index is 13.2. The van der Waals surface area contributed by atoms with E-state index in [9.17, 15) is 9.59 Å². The molecule has 8 heteroatoms. The summed E-state index contributed by atoms with van der Waals surface area (Å²) >= 11 is 0. The molecule has 0 radical (unpaired) electrons. The van der Waals surface area contributed by atoms with Gasteiger partial charge in [0.05, 0.1) is 30.5 Å². The van der Waals surface area contributed by atoms with Crippen LogP contribution in [0, 0.1) is 0 Å². The summed E-state index contributed by atoms with van der Waals surface area (Å²) in [5.74, 6) is 0.363. The summed E-state index contributed by atoms with van der Waals surface area (Å²) in [6.07, 6.45) is 3.40. The fraction of sp³-hybridized carbons (Fsp3) is 0.208. The normalized spacial score (nSPS) is 10.9. The molecule has 2 heterocycles. The smallest absolute Gasteiger partial charge is 0.282 e. The number of methoxy groups -OCH3 is 2. The number of rotatable bonds is 8. The summed E-state index contributed by atoms with van der Waals surface area (Å²) in [4.78, 5) is 26.3. The van der Waals surface area contributed by atoms with Crippen molar-refractivity contribution in [2.24, 2.45) is 0 Å². The minimum absolute atomic E-state index is 0.279. The van der Waals surface area contributed by atoms with Gasteiger partial charge in [0.1, 0.15) is 11.4 Å². The van der Waals surface area contributed by atoms with Gasteiger partial charge in [0.2, 0.25) is 0 Å². The van der Waals surface area contributed by atoms with Crippen LogP contribution in [0.2, 0.25) is 0 Å². The molecular formula is C24H24N4O4. The zero-order valence-electron chi connectivity index (χ0n) is 17.9. The molecule has 8 nitrogen and oxygen atoms in total. The van der Waals surface area contributed by atoms with Crippen molar-refractivity contribution in [1.29, 1.82) is 0 Å². The van der Waals surface area contributed by atoms with Crippen LogP contribution in [-0.2, 0) is 17.8 Å². The van der Waals surface area contributed by atoms with Crippen molar-refractivity contribution in [3.63, 3.8) is 0 Å². The molecule has 0 bridgehead atoms. The van der Waals surface area contributed by atoms with Gasteiger partial charge >= 0.3 is 0 Å². The Hall–Kier alpha value is -3.91. The summed E-state index contributed by atoms with van der Waals surface area (Å²) in [7, 11) is 3.19. The number of nitrogens with one attached hydrogen (secondary N) is 1. The van der Waals surface area contributed by atoms with E-state index in [1.54, 1.807) is 43.3 Å². The number of carbonyl (C=O) groups excluding carboxylic acids is 1. The molecule has 1 N–H and O–H groups in total. The molecule has 0 atom stereocenters. The average Bonchev–Trinajstić information content (AvgIpc) is 3.17. The highest BCUT2D eigenvalue weighted by atomic mass is 16.5. The Kier molecular flexibility index (Phi) is 6.32. The molecule has 2 aromatic carbocycles. The number of hydrogen-bond acceptors (Lipinski definition) is 5. The molecule has 2 aliphatic heterocycles. The molecule has 4 rings (SSSR count). The predicted molar refractivity (Wildman–Crippen MR) is 120 cm³/mol. The van der Waals surface area contributed by atoms with Crippen LogP contribution in [0.3, 0.4) is 0 Å². The van der Waals surface area contributed by atoms with Crippen LogP contribution in [0.1, 0.15) is 15.9 Å². The molecule has 32 heavy (non-hydrogen) atoms. The van der Waals surface area contributed by atoms with E-state index >= 15 is 0 Å². The van der Waals surface area contributed by atoms with Gasteiger partial charge in [-0.15, -0.1) is 0 Å². The second-order valence-corrected chi connectivity index (χ2v) is 7.21. The summed E-state index contributed by atoms with van der Waals surface area (Å²) in [5, 5.41) is 7.41. The Balaban J connectivity index is 1.73. The summed E-state index contributed by atoms with van der Waals surface area (Å²) in [6, 6.07) is 16.6. The van der Waals surface area contributed by atoms with Crippen LogP contribution in [0.15, 0.2) is 71.8 Å². The largest absolute Gasteiger partial charge is 0.496 e. The number of pyridine rings is 1. The zero-order valence-corrected chi connectivity index (χ0v) is 17.9. The first-order valence-corrected chi connectivity index (χ1v) is 10.2. The van der Waals surface area contributed by atoms with E-state index < -0.39 is 0 Å². The third-order valence-corrected chi connectivity index (χ3v) is 5.15. The lowest BCUT2D eigenvalue weighted by atomic mass is 10.1. The van der Waals surface area contributed by atoms with E-state index in [1.807, 2.05) is 42.5 Å². The first kappa shape index (κ1) is 21.3. The van der Waals surface area contributed by atoms with Gasteiger partial charge in [-0.05, 0) is 18.2 Å². The van der Waals surface area contributed by atoms with Crippen LogP contribution in [0.25, 0.3) is 16.9 Å². The van der Waals surface area contributed by atoms with E-state index in [1.165, 1.54) is 4.68 Å². The fourth-order valence-corrected chi connectivity index (χ4v) is 3.52. The number of hydrogen-bond donors (Lipinski definition) is 1. The fourth-order valence-electron chi connectivity index (χ4n) is 3.52. The molecule has 1 amide bonds. The number of ether oxygens (including phenoxy) is 2. The Morgan fingerprint density at radius 1 is 1.03 bits per heavy atom. The molecular weight excluding hydrogens is 408 g/mol. The lowest BCUT2D eigenvalue weighted by Gasteiger charge is -2.13. The number of para-hydroxylation sites is 2. The van der Waals surface area contributed by atoms with Gasteiger partial charge < -0.3 is 19.4 Å². The van der Waals surface area contributed by atoms with Crippen molar-refractivity contribution in [3.8, 4) is 22.7 Å². The first-order valence-electron chi connectivity index (χ1n) is 10.2. The lowest BCUT2D eigenvalue weighted by Crippen LogP contribution is -2.25. The second kappa shape index (κ2) is 9.49. The SMILES string of the molecule is COCCn1cc(C(=O)NCc2ccccc2OC)c2nn(-c3ccccc3)c(=O)c-2c1. The minimum Gasteiger partial charge on any atom is -0.496 e. The third-order valence-electron chi connectivity index (χ3n) is 5.15. The van der Waals surface area contributed by atoms with Crippen molar-refractivity contribution in [2.45, 2.75) is 13.1 Å². The monoisotopic (exact) mass is 432 g/mol. The van der Waals surface area contributed by atoms with Crippen LogP contribution in [-0.4, -0.2) is 41.1 Å². The Morgan fingerprint density at radius 2 is 1.78 bits per heavy atom. The number of aromatic nitrogens is 3. The summed E-state index contributed by atoms with van der Waals surface area (Å²) in [6.45, 7) is 1.22. The molecule has 0 spiro atoms. The predicted octanol–water partition coefficient (Wildman–Crippen LogP) is 2.72. The van der Waals surface area contributed by atoms with Gasteiger partial charge in [-0.25, -0.2) is 0 Å². The highest BCUT2D eigenvalue weighted by Crippen LogP contribution is 2.23. The number of benzene rings is 2. The minimum atomic E-state index is -0.328. The molecule has 2 aromatic rings. The summed E-state index contributed by atoms with van der Waals surface area (Å²) in [5.41, 5.74) is 2.25. The molecule has 0 saturated heterocycles. The number of carbonyl (C=O) groups is 1. The molecule has 0 aromatic heterocycles. The molecule has 2 aliphatic rings. The van der Waals surface area contributed by atoms with Gasteiger partial charge in [0, 0.05) is 38.2 Å². The maximum Gasteiger partial charge on any atom is 0.282 e. The average molecular weight is 432 g/mol. The summed E-state index contributed by atoms with van der Waals surface area (Å²) < 4.78 is 13.6. The maximum absolute atomic E-state index is 13.2. The van der Waals surface area contributed by atoms with Crippen molar-refractivity contribution in [1.82, 2.24) is 19.7 Å². The number of amides is 1. The van der Waals surface area contributed by atoms with E-state index in [0.717, 1.165) is 5.56 Å². The second-order valence-electron chi connectivity index (χ2n) is 7.21. The van der Waals surface area contributed by atoms with Crippen molar-refractivity contribution < 1.29 is 14.3 Å². The van der Waals surface area contributed by atoms with E-state index in [2.05, 4.69) is 10.4 Å². The molecule has 0 unspecified atom stereocenters. The lowest BCUT2D eigenvalue weighted by molar-refractivity contribution is 0.0950. The van der Waals surface area contributed by atoms with E-state index in [-0.39, 0.29) is 18.0 Å². The van der Waals surface area contributed by atoms with Crippen molar-refractivity contribution >= 4 is 5.91 Å². The molecule has 0 fully saturated rings. The Morgan fingerprint density at radius 3 is 2.53 bits per heavy atom. The van der Waals surface area contributed by atoms with Crippen LogP contribution < -0.4 is 15.6 Å². The molecule has 0 aliphatic carbocycles. The van der Waals surface area contributed by atoms with E-state index in [0.29, 0.717) is 41.4 Å².